The van der Waals surface area contributed by atoms with E-state index in [9.17, 15) is 0 Å². The molecule has 0 spiro atoms. The number of hydrogen-bond donors (Lipinski definition) is 0. The largest absolute Gasteiger partial charge is 1.00 e. The predicted octanol–water partition coefficient (Wildman–Crippen LogP) is 2.02. The zero-order chi connectivity index (χ0) is 0. The van der Waals surface area contributed by atoms with E-state index >= 15 is 0 Å². The fourth-order valence-electron chi connectivity index (χ4n) is 0. The van der Waals surface area contributed by atoms with Gasteiger partial charge in [-0.05, 0) is 0 Å². The van der Waals surface area contributed by atoms with E-state index in [1.807, 2.05) is 0 Å². The first-order valence-corrected chi connectivity index (χ1v) is 0. The summed E-state index contributed by atoms with van der Waals surface area (Å²) in [5, 5.41) is 0. The van der Waals surface area contributed by atoms with Crippen molar-refractivity contribution in [2.75, 3.05) is 0 Å². The standard InChI is InChI=1S/3CH4.2Cu/h3*1H4;;/q;;;;+1/p+1. The van der Waals surface area contributed by atoms with E-state index in [1.165, 1.54) is 0 Å². The van der Waals surface area contributed by atoms with Gasteiger partial charge in [-0.2, -0.15) is 0 Å². The summed E-state index contributed by atoms with van der Waals surface area (Å²) in [7, 11) is 0. The van der Waals surface area contributed by atoms with E-state index in [0.717, 1.165) is 0 Å². The van der Waals surface area contributed by atoms with E-state index in [2.05, 4.69) is 0 Å². The van der Waals surface area contributed by atoms with Crippen LogP contribution in [0.2, 0.25) is 0 Å². The molecule has 0 nitrogen and oxygen atoms in total. The molecule has 0 bridgehead atoms. The van der Waals surface area contributed by atoms with Crippen LogP contribution in [0.4, 0.5) is 0 Å². The molecular formula is C3H13Cu2+2. The van der Waals surface area contributed by atoms with Crippen LogP contribution < -0.4 is 0 Å². The van der Waals surface area contributed by atoms with Gasteiger partial charge in [0.15, 0.2) is 0 Å². The number of hydrogen-bond acceptors (Lipinski definition) is 0. The van der Waals surface area contributed by atoms with Gasteiger partial charge in [0, 0.05) is 17.1 Å². The molecule has 0 fully saturated rings. The zero-order valence-corrected chi connectivity index (χ0v) is 2.49. The minimum atomic E-state index is 0. The molecule has 5 heavy (non-hydrogen) atoms. The van der Waals surface area contributed by atoms with E-state index < -0.39 is 0 Å². The van der Waals surface area contributed by atoms with Crippen LogP contribution >= 0.6 is 0 Å². The fraction of sp³-hybridized carbons (Fsp3) is 1.00. The molecule has 0 aliphatic heterocycles. The maximum Gasteiger partial charge on any atom is 1.00 e. The third-order valence-electron chi connectivity index (χ3n) is 0. The van der Waals surface area contributed by atoms with Gasteiger partial charge in [-0.1, -0.05) is 22.3 Å². The quantitative estimate of drug-likeness (QED) is 0.495. The van der Waals surface area contributed by atoms with Crippen molar-refractivity contribution in [2.45, 2.75) is 22.3 Å². The second kappa shape index (κ2) is 76.2. The molecule has 0 atom stereocenters. The molecule has 0 amide bonds. The van der Waals surface area contributed by atoms with Gasteiger partial charge >= 0.3 is 18.5 Å². The molecule has 0 N–H and O–H groups in total. The molecule has 0 saturated heterocycles. The van der Waals surface area contributed by atoms with Crippen molar-refractivity contribution in [3.8, 4) is 0 Å². The minimum absolute atomic E-state index is 0. The first kappa shape index (κ1) is 142. The summed E-state index contributed by atoms with van der Waals surface area (Å²) in [6.07, 6.45) is 0. The molecule has 45 valence electrons. The summed E-state index contributed by atoms with van der Waals surface area (Å²) in [5.41, 5.74) is 0. The third kappa shape index (κ3) is 43.1. The van der Waals surface area contributed by atoms with Gasteiger partial charge in [-0.25, -0.2) is 0 Å². The van der Waals surface area contributed by atoms with Crippen LogP contribution in [0.3, 0.4) is 0 Å². The summed E-state index contributed by atoms with van der Waals surface area (Å²) >= 11 is 0. The first-order chi connectivity index (χ1) is 0. The van der Waals surface area contributed by atoms with Gasteiger partial charge in [-0.15, -0.1) is 0 Å². The van der Waals surface area contributed by atoms with Crippen molar-refractivity contribution < 1.29 is 35.6 Å². The van der Waals surface area contributed by atoms with Gasteiger partial charge in [0.25, 0.3) is 0 Å². The van der Waals surface area contributed by atoms with Crippen LogP contribution in [-0.2, 0) is 34.1 Å². The van der Waals surface area contributed by atoms with Gasteiger partial charge in [0.1, 0.15) is 0 Å². The third-order valence-corrected chi connectivity index (χ3v) is 0. The van der Waals surface area contributed by atoms with Crippen molar-refractivity contribution >= 4 is 0 Å². The van der Waals surface area contributed by atoms with Crippen molar-refractivity contribution in [1.82, 2.24) is 0 Å². The Bertz CT molecular complexity index is 8.75. The van der Waals surface area contributed by atoms with E-state index in [0.29, 0.717) is 0 Å². The molecule has 0 unspecified atom stereocenters. The minimum Gasteiger partial charge on any atom is -0.0776 e. The normalized spacial score (nSPS) is 0. The van der Waals surface area contributed by atoms with Crippen LogP contribution in [0.15, 0.2) is 0 Å². The molecular weight excluding hydrogens is 163 g/mol. The van der Waals surface area contributed by atoms with Gasteiger partial charge in [0.05, 0.1) is 0 Å². The van der Waals surface area contributed by atoms with Gasteiger partial charge < -0.3 is 0 Å². The second-order valence-electron chi connectivity index (χ2n) is 0. The monoisotopic (exact) mass is 175 g/mol. The maximum absolute atomic E-state index is 0. The Kier molecular flexibility index (Phi) is 2160. The molecule has 0 aliphatic carbocycles. The molecule has 0 heterocycles. The van der Waals surface area contributed by atoms with Crippen molar-refractivity contribution in [3.05, 3.63) is 0 Å². The van der Waals surface area contributed by atoms with E-state index in [-0.39, 0.29) is 57.8 Å². The SMILES string of the molecule is C.C.C.[Cu+].[Cu].[H+]. The van der Waals surface area contributed by atoms with Crippen molar-refractivity contribution in [1.29, 1.82) is 0 Å². The predicted molar refractivity (Wildman–Crippen MR) is 21.3 cm³/mol. The van der Waals surface area contributed by atoms with Gasteiger partial charge in [-0.3, -0.25) is 0 Å². The van der Waals surface area contributed by atoms with Crippen LogP contribution in [0.1, 0.15) is 23.7 Å². The Labute approximate surface area is 58.2 Å². The Balaban J connectivity index is 0. The average Bonchev–Trinajstić information content (AvgIpc) is 0. The second-order valence-corrected chi connectivity index (χ2v) is 0. The van der Waals surface area contributed by atoms with E-state index in [4.69, 9.17) is 0 Å². The Morgan fingerprint density at radius 3 is 0.800 bits per heavy atom. The Morgan fingerprint density at radius 2 is 0.800 bits per heavy atom. The fourth-order valence-corrected chi connectivity index (χ4v) is 0. The van der Waals surface area contributed by atoms with Crippen LogP contribution in [-0.4, -0.2) is 0 Å². The Hall–Kier alpha value is 1.04. The zero-order valence-electron chi connectivity index (χ0n) is 1.60. The summed E-state index contributed by atoms with van der Waals surface area (Å²) < 4.78 is 0. The molecule has 0 aromatic heterocycles. The summed E-state index contributed by atoms with van der Waals surface area (Å²) in [5.74, 6) is 0. The molecule has 0 aromatic rings. The van der Waals surface area contributed by atoms with Crippen LogP contribution in [0.5, 0.6) is 0 Å². The summed E-state index contributed by atoms with van der Waals surface area (Å²) in [6, 6.07) is 0. The molecule has 1 radical (unpaired) electrons. The molecule has 0 aliphatic rings. The summed E-state index contributed by atoms with van der Waals surface area (Å²) in [4.78, 5) is 0. The topological polar surface area (TPSA) is 0 Å². The van der Waals surface area contributed by atoms with Gasteiger partial charge in [0.2, 0.25) is 0 Å². The molecule has 0 saturated carbocycles. The molecule has 2 heteroatoms. The van der Waals surface area contributed by atoms with E-state index in [1.54, 1.807) is 0 Å². The molecule has 0 rings (SSSR count). The summed E-state index contributed by atoms with van der Waals surface area (Å²) in [6.45, 7) is 0. The van der Waals surface area contributed by atoms with Crippen molar-refractivity contribution in [2.24, 2.45) is 0 Å². The Morgan fingerprint density at radius 1 is 0.800 bits per heavy atom. The van der Waals surface area contributed by atoms with Crippen LogP contribution in [0, 0.1) is 0 Å². The molecule has 0 aromatic carbocycles. The smallest absolute Gasteiger partial charge is 0.0776 e. The average molecular weight is 176 g/mol. The maximum atomic E-state index is 0. The van der Waals surface area contributed by atoms with Crippen molar-refractivity contribution in [3.63, 3.8) is 0 Å². The number of rotatable bonds is 0. The first-order valence-electron chi connectivity index (χ1n) is 0. The van der Waals surface area contributed by atoms with Crippen LogP contribution in [0.25, 0.3) is 0 Å².